The van der Waals surface area contributed by atoms with Gasteiger partial charge in [-0.3, -0.25) is 0 Å². The number of halogens is 1. The van der Waals surface area contributed by atoms with Crippen LogP contribution in [0.4, 0.5) is 0 Å². The molecule has 0 atom stereocenters. The van der Waals surface area contributed by atoms with E-state index < -0.39 is 0 Å². The Hall–Kier alpha value is -1.24. The summed E-state index contributed by atoms with van der Waals surface area (Å²) in [6, 6.07) is 7.26. The first kappa shape index (κ1) is 12.2. The van der Waals surface area contributed by atoms with Gasteiger partial charge < -0.3 is 10.1 Å². The fourth-order valence-corrected chi connectivity index (χ4v) is 2.14. The van der Waals surface area contributed by atoms with Crippen LogP contribution in [-0.4, -0.2) is 19.7 Å². The van der Waals surface area contributed by atoms with E-state index in [9.17, 15) is 0 Å². The Morgan fingerprint density at radius 2 is 2.18 bits per heavy atom. The Bertz CT molecular complexity index is 422. The molecule has 0 amide bonds. The highest BCUT2D eigenvalue weighted by Gasteiger charge is 2.14. The van der Waals surface area contributed by atoms with Crippen LogP contribution in [0.1, 0.15) is 18.4 Å². The number of nitrogens with one attached hydrogen (secondary N) is 1. The van der Waals surface area contributed by atoms with Gasteiger partial charge in [0.25, 0.3) is 0 Å². The minimum Gasteiger partial charge on any atom is -0.492 e. The van der Waals surface area contributed by atoms with Crippen molar-refractivity contribution in [3.8, 4) is 11.8 Å². The van der Waals surface area contributed by atoms with Crippen LogP contribution >= 0.6 is 11.6 Å². The number of benzene rings is 1. The summed E-state index contributed by atoms with van der Waals surface area (Å²) in [6.45, 7) is 2.79. The van der Waals surface area contributed by atoms with Gasteiger partial charge in [-0.2, -0.15) is 5.26 Å². The molecule has 3 nitrogen and oxygen atoms in total. The second kappa shape index (κ2) is 5.90. The number of hydrogen-bond donors (Lipinski definition) is 1. The quantitative estimate of drug-likeness (QED) is 0.897. The Balaban J connectivity index is 1.96. The molecule has 0 aliphatic carbocycles. The molecule has 0 unspecified atom stereocenters. The van der Waals surface area contributed by atoms with Crippen molar-refractivity contribution in [1.82, 2.24) is 5.32 Å². The van der Waals surface area contributed by atoms with Gasteiger partial charge in [-0.15, -0.1) is 0 Å². The molecule has 1 heterocycles. The zero-order chi connectivity index (χ0) is 12.1. The SMILES string of the molecule is N#Cc1cc(Cl)ccc1OCC1CCNCC1. The highest BCUT2D eigenvalue weighted by atomic mass is 35.5. The van der Waals surface area contributed by atoms with Gasteiger partial charge in [0.1, 0.15) is 11.8 Å². The first-order valence-corrected chi connectivity index (χ1v) is 6.20. The summed E-state index contributed by atoms with van der Waals surface area (Å²) in [5, 5.41) is 12.9. The van der Waals surface area contributed by atoms with Gasteiger partial charge in [-0.05, 0) is 50.0 Å². The Morgan fingerprint density at radius 1 is 1.41 bits per heavy atom. The van der Waals surface area contributed by atoms with Crippen LogP contribution < -0.4 is 10.1 Å². The minimum absolute atomic E-state index is 0.506. The van der Waals surface area contributed by atoms with Gasteiger partial charge in [0.2, 0.25) is 0 Å². The first-order chi connectivity index (χ1) is 8.29. The highest BCUT2D eigenvalue weighted by Crippen LogP contribution is 2.23. The van der Waals surface area contributed by atoms with E-state index in [1.165, 1.54) is 0 Å². The predicted octanol–water partition coefficient (Wildman–Crippen LogP) is 2.59. The molecule has 0 radical (unpaired) electrons. The third-order valence-corrected chi connectivity index (χ3v) is 3.23. The van der Waals surface area contributed by atoms with Gasteiger partial charge in [-0.25, -0.2) is 0 Å². The smallest absolute Gasteiger partial charge is 0.137 e. The van der Waals surface area contributed by atoms with Crippen LogP contribution in [0.3, 0.4) is 0 Å². The average molecular weight is 251 g/mol. The summed E-state index contributed by atoms with van der Waals surface area (Å²) in [7, 11) is 0. The number of rotatable bonds is 3. The van der Waals surface area contributed by atoms with Gasteiger partial charge in [0, 0.05) is 5.02 Å². The third-order valence-electron chi connectivity index (χ3n) is 3.00. The molecule has 1 aliphatic rings. The van der Waals surface area contributed by atoms with Crippen molar-refractivity contribution < 1.29 is 4.74 Å². The van der Waals surface area contributed by atoms with E-state index in [0.29, 0.717) is 28.9 Å². The summed E-state index contributed by atoms with van der Waals surface area (Å²) in [6.07, 6.45) is 2.27. The Kier molecular flexibility index (Phi) is 4.24. The van der Waals surface area contributed by atoms with Crippen molar-refractivity contribution >= 4 is 11.6 Å². The maximum atomic E-state index is 8.98. The van der Waals surface area contributed by atoms with E-state index in [0.717, 1.165) is 25.9 Å². The number of piperidine rings is 1. The monoisotopic (exact) mass is 250 g/mol. The minimum atomic E-state index is 0.506. The fraction of sp³-hybridized carbons (Fsp3) is 0.462. The summed E-state index contributed by atoms with van der Waals surface area (Å²) >= 11 is 5.83. The lowest BCUT2D eigenvalue weighted by Gasteiger charge is -2.22. The Morgan fingerprint density at radius 3 is 2.88 bits per heavy atom. The second-order valence-electron chi connectivity index (χ2n) is 4.26. The van der Waals surface area contributed by atoms with Crippen molar-refractivity contribution in [2.75, 3.05) is 19.7 Å². The maximum Gasteiger partial charge on any atom is 0.137 e. The number of nitriles is 1. The van der Waals surface area contributed by atoms with Crippen LogP contribution in [-0.2, 0) is 0 Å². The van der Waals surface area contributed by atoms with Crippen molar-refractivity contribution in [3.63, 3.8) is 0 Å². The Labute approximate surface area is 106 Å². The van der Waals surface area contributed by atoms with Gasteiger partial charge in [0.05, 0.1) is 12.2 Å². The molecular weight excluding hydrogens is 236 g/mol. The van der Waals surface area contributed by atoms with E-state index in [4.69, 9.17) is 21.6 Å². The lowest BCUT2D eigenvalue weighted by Crippen LogP contribution is -2.30. The van der Waals surface area contributed by atoms with Crippen molar-refractivity contribution in [1.29, 1.82) is 5.26 Å². The fourth-order valence-electron chi connectivity index (χ4n) is 1.97. The zero-order valence-electron chi connectivity index (χ0n) is 9.58. The van der Waals surface area contributed by atoms with Crippen molar-refractivity contribution in [2.24, 2.45) is 5.92 Å². The van der Waals surface area contributed by atoms with Crippen LogP contribution in [0.5, 0.6) is 5.75 Å². The topological polar surface area (TPSA) is 45.0 Å². The molecule has 2 rings (SSSR count). The largest absolute Gasteiger partial charge is 0.492 e. The first-order valence-electron chi connectivity index (χ1n) is 5.83. The molecule has 90 valence electrons. The van der Waals surface area contributed by atoms with E-state index in [1.807, 2.05) is 0 Å². The predicted molar refractivity (Wildman–Crippen MR) is 67.3 cm³/mol. The molecule has 1 aromatic rings. The molecule has 1 aliphatic heterocycles. The molecule has 0 spiro atoms. The van der Waals surface area contributed by atoms with Crippen molar-refractivity contribution in [3.05, 3.63) is 28.8 Å². The van der Waals surface area contributed by atoms with Crippen LogP contribution in [0.15, 0.2) is 18.2 Å². The number of hydrogen-bond acceptors (Lipinski definition) is 3. The molecule has 0 aromatic heterocycles. The standard InChI is InChI=1S/C13H15ClN2O/c14-12-1-2-13(11(7-12)8-15)17-9-10-3-5-16-6-4-10/h1-2,7,10,16H,3-6,9H2. The summed E-state index contributed by atoms with van der Waals surface area (Å²) in [5.41, 5.74) is 0.506. The average Bonchev–Trinajstić information content (AvgIpc) is 2.38. The molecular formula is C13H15ClN2O. The third kappa shape index (κ3) is 3.36. The molecule has 1 saturated heterocycles. The van der Waals surface area contributed by atoms with Gasteiger partial charge >= 0.3 is 0 Å². The van der Waals surface area contributed by atoms with E-state index in [1.54, 1.807) is 18.2 Å². The van der Waals surface area contributed by atoms with Crippen molar-refractivity contribution in [2.45, 2.75) is 12.8 Å². The van der Waals surface area contributed by atoms with E-state index in [-0.39, 0.29) is 0 Å². The zero-order valence-corrected chi connectivity index (χ0v) is 10.3. The highest BCUT2D eigenvalue weighted by molar-refractivity contribution is 6.30. The summed E-state index contributed by atoms with van der Waals surface area (Å²) < 4.78 is 5.71. The summed E-state index contributed by atoms with van der Waals surface area (Å²) in [5.74, 6) is 1.22. The molecule has 1 aromatic carbocycles. The molecule has 1 N–H and O–H groups in total. The van der Waals surface area contributed by atoms with Gasteiger partial charge in [-0.1, -0.05) is 11.6 Å². The molecule has 4 heteroatoms. The molecule has 17 heavy (non-hydrogen) atoms. The lowest BCUT2D eigenvalue weighted by atomic mass is 9.99. The molecule has 0 saturated carbocycles. The van der Waals surface area contributed by atoms with Crippen LogP contribution in [0, 0.1) is 17.2 Å². The van der Waals surface area contributed by atoms with E-state index in [2.05, 4.69) is 11.4 Å². The number of ether oxygens (including phenoxy) is 1. The molecule has 0 bridgehead atoms. The normalized spacial score (nSPS) is 16.5. The van der Waals surface area contributed by atoms with E-state index >= 15 is 0 Å². The van der Waals surface area contributed by atoms with Crippen LogP contribution in [0.2, 0.25) is 5.02 Å². The second-order valence-corrected chi connectivity index (χ2v) is 4.69. The van der Waals surface area contributed by atoms with Crippen LogP contribution in [0.25, 0.3) is 0 Å². The number of nitrogens with zero attached hydrogens (tertiary/aromatic N) is 1. The summed E-state index contributed by atoms with van der Waals surface area (Å²) in [4.78, 5) is 0. The molecule has 1 fully saturated rings. The maximum absolute atomic E-state index is 8.98. The van der Waals surface area contributed by atoms with Gasteiger partial charge in [0.15, 0.2) is 0 Å². The lowest BCUT2D eigenvalue weighted by molar-refractivity contribution is 0.215.